The summed E-state index contributed by atoms with van der Waals surface area (Å²) in [6, 6.07) is 6.99. The Balaban J connectivity index is 2.39. The van der Waals surface area contributed by atoms with Gasteiger partial charge in [-0.25, -0.2) is 4.39 Å². The van der Waals surface area contributed by atoms with Gasteiger partial charge in [-0.05, 0) is 19.1 Å². The summed E-state index contributed by atoms with van der Waals surface area (Å²) < 4.78 is 13.9. The number of H-pyrrole nitrogens is 1. The zero-order valence-corrected chi connectivity index (χ0v) is 10.4. The van der Waals surface area contributed by atoms with E-state index in [0.29, 0.717) is 17.8 Å². The first-order valence-corrected chi connectivity index (χ1v) is 5.88. The third-order valence-electron chi connectivity index (χ3n) is 2.64. The molecule has 2 rings (SSSR count). The van der Waals surface area contributed by atoms with E-state index in [9.17, 15) is 14.0 Å². The van der Waals surface area contributed by atoms with E-state index in [1.165, 1.54) is 30.5 Å². The van der Waals surface area contributed by atoms with E-state index in [-0.39, 0.29) is 11.0 Å². The molecule has 1 heterocycles. The fourth-order valence-corrected chi connectivity index (χ4v) is 1.73. The smallest absolute Gasteiger partial charge is 0.254 e. The van der Waals surface area contributed by atoms with Crippen LogP contribution in [0.25, 0.3) is 11.3 Å². The molecule has 0 unspecified atom stereocenters. The minimum atomic E-state index is -0.617. The molecule has 0 aliphatic rings. The van der Waals surface area contributed by atoms with Gasteiger partial charge in [-0.1, -0.05) is 6.07 Å². The molecule has 0 saturated carbocycles. The number of rotatable bonds is 3. The van der Waals surface area contributed by atoms with Crippen molar-refractivity contribution in [1.29, 1.82) is 0 Å². The van der Waals surface area contributed by atoms with Crippen LogP contribution in [0.15, 0.2) is 41.3 Å². The third-order valence-corrected chi connectivity index (χ3v) is 2.64. The minimum Gasteiger partial charge on any atom is -0.361 e. The largest absolute Gasteiger partial charge is 0.361 e. The zero-order chi connectivity index (χ0) is 13.8. The Kier molecular flexibility index (Phi) is 3.75. The molecule has 19 heavy (non-hydrogen) atoms. The maximum atomic E-state index is 13.9. The summed E-state index contributed by atoms with van der Waals surface area (Å²) in [5.41, 5.74) is 0.850. The number of aromatic nitrogens is 1. The van der Waals surface area contributed by atoms with Crippen molar-refractivity contribution >= 4 is 5.91 Å². The van der Waals surface area contributed by atoms with Crippen LogP contribution in [-0.2, 0) is 0 Å². The average molecular weight is 260 g/mol. The Morgan fingerprint density at radius 1 is 1.32 bits per heavy atom. The molecule has 5 heteroatoms. The van der Waals surface area contributed by atoms with Crippen molar-refractivity contribution in [3.05, 3.63) is 58.1 Å². The minimum absolute atomic E-state index is 0.0103. The molecule has 0 bridgehead atoms. The number of carbonyl (C=O) groups is 1. The number of amides is 1. The highest BCUT2D eigenvalue weighted by molar-refractivity contribution is 5.94. The van der Waals surface area contributed by atoms with Gasteiger partial charge in [0.25, 0.3) is 5.91 Å². The summed E-state index contributed by atoms with van der Waals surface area (Å²) in [6.07, 6.45) is 1.49. The van der Waals surface area contributed by atoms with Crippen molar-refractivity contribution in [2.45, 2.75) is 6.92 Å². The van der Waals surface area contributed by atoms with E-state index < -0.39 is 11.7 Å². The van der Waals surface area contributed by atoms with Gasteiger partial charge in [0.2, 0.25) is 0 Å². The van der Waals surface area contributed by atoms with Gasteiger partial charge < -0.3 is 10.3 Å². The molecular formula is C14H13FN2O2. The SMILES string of the molecule is CCNC(=O)c1ccc(-c2cc(=O)cc[nH]2)cc1F. The summed E-state index contributed by atoms with van der Waals surface area (Å²) in [5, 5.41) is 2.53. The van der Waals surface area contributed by atoms with Crippen molar-refractivity contribution in [1.82, 2.24) is 10.3 Å². The average Bonchev–Trinajstić information content (AvgIpc) is 2.38. The number of pyridine rings is 1. The van der Waals surface area contributed by atoms with Crippen LogP contribution in [0.2, 0.25) is 0 Å². The Morgan fingerprint density at radius 2 is 2.11 bits per heavy atom. The van der Waals surface area contributed by atoms with Crippen LogP contribution in [0.1, 0.15) is 17.3 Å². The number of hydrogen-bond donors (Lipinski definition) is 2. The molecule has 2 N–H and O–H groups in total. The normalized spacial score (nSPS) is 10.2. The quantitative estimate of drug-likeness (QED) is 0.885. The molecule has 0 radical (unpaired) electrons. The molecule has 1 amide bonds. The van der Waals surface area contributed by atoms with Crippen LogP contribution in [-0.4, -0.2) is 17.4 Å². The highest BCUT2D eigenvalue weighted by Crippen LogP contribution is 2.18. The maximum absolute atomic E-state index is 13.9. The molecule has 0 fully saturated rings. The van der Waals surface area contributed by atoms with Crippen molar-refractivity contribution in [3.8, 4) is 11.3 Å². The van der Waals surface area contributed by atoms with E-state index in [0.717, 1.165) is 0 Å². The molecular weight excluding hydrogens is 247 g/mol. The molecule has 0 atom stereocenters. The lowest BCUT2D eigenvalue weighted by atomic mass is 10.1. The highest BCUT2D eigenvalue weighted by Gasteiger charge is 2.12. The predicted molar refractivity (Wildman–Crippen MR) is 70.5 cm³/mol. The van der Waals surface area contributed by atoms with E-state index >= 15 is 0 Å². The number of benzene rings is 1. The van der Waals surface area contributed by atoms with Gasteiger partial charge in [-0.2, -0.15) is 0 Å². The van der Waals surface area contributed by atoms with Gasteiger partial charge in [0, 0.05) is 36.1 Å². The van der Waals surface area contributed by atoms with Gasteiger partial charge in [0.05, 0.1) is 5.56 Å². The molecule has 2 aromatic rings. The Morgan fingerprint density at radius 3 is 2.74 bits per heavy atom. The van der Waals surface area contributed by atoms with E-state index in [2.05, 4.69) is 10.3 Å². The third kappa shape index (κ3) is 2.88. The molecule has 4 nitrogen and oxygen atoms in total. The first-order chi connectivity index (χ1) is 9.11. The Labute approximate surface area is 109 Å². The van der Waals surface area contributed by atoms with Crippen LogP contribution in [0.4, 0.5) is 4.39 Å². The van der Waals surface area contributed by atoms with E-state index in [4.69, 9.17) is 0 Å². The summed E-state index contributed by atoms with van der Waals surface area (Å²) in [6.45, 7) is 2.20. The Bertz CT molecular complexity index is 664. The molecule has 1 aromatic carbocycles. The first-order valence-electron chi connectivity index (χ1n) is 5.88. The topological polar surface area (TPSA) is 62.0 Å². The predicted octanol–water partition coefficient (Wildman–Crippen LogP) is 1.93. The van der Waals surface area contributed by atoms with Crippen molar-refractivity contribution in [2.75, 3.05) is 6.54 Å². The fraction of sp³-hybridized carbons (Fsp3) is 0.143. The van der Waals surface area contributed by atoms with Gasteiger partial charge in [0.1, 0.15) is 5.82 Å². The van der Waals surface area contributed by atoms with Crippen LogP contribution < -0.4 is 10.7 Å². The molecule has 0 saturated heterocycles. The zero-order valence-electron chi connectivity index (χ0n) is 10.4. The number of aromatic amines is 1. The highest BCUT2D eigenvalue weighted by atomic mass is 19.1. The van der Waals surface area contributed by atoms with E-state index in [1.54, 1.807) is 13.0 Å². The molecule has 98 valence electrons. The van der Waals surface area contributed by atoms with Gasteiger partial charge >= 0.3 is 0 Å². The van der Waals surface area contributed by atoms with Gasteiger partial charge in [0.15, 0.2) is 5.43 Å². The van der Waals surface area contributed by atoms with Crippen LogP contribution in [0.3, 0.4) is 0 Å². The summed E-state index contributed by atoms with van der Waals surface area (Å²) in [7, 11) is 0. The van der Waals surface area contributed by atoms with Crippen molar-refractivity contribution in [3.63, 3.8) is 0 Å². The molecule has 0 aliphatic heterocycles. The number of carbonyl (C=O) groups excluding carboxylic acids is 1. The number of nitrogens with one attached hydrogen (secondary N) is 2. The van der Waals surface area contributed by atoms with E-state index in [1.807, 2.05) is 0 Å². The molecule has 0 spiro atoms. The van der Waals surface area contributed by atoms with Crippen LogP contribution in [0, 0.1) is 5.82 Å². The van der Waals surface area contributed by atoms with Crippen LogP contribution >= 0.6 is 0 Å². The van der Waals surface area contributed by atoms with Crippen LogP contribution in [0.5, 0.6) is 0 Å². The first kappa shape index (κ1) is 13.0. The molecule has 1 aromatic heterocycles. The standard InChI is InChI=1S/C14H13FN2O2/c1-2-16-14(19)11-4-3-9(7-12(11)15)13-8-10(18)5-6-17-13/h3-8H,2H2,1H3,(H,16,19)(H,17,18). The number of hydrogen-bond acceptors (Lipinski definition) is 2. The number of halogens is 1. The summed E-state index contributed by atoms with van der Waals surface area (Å²) in [4.78, 5) is 25.6. The molecule has 0 aliphatic carbocycles. The monoisotopic (exact) mass is 260 g/mol. The maximum Gasteiger partial charge on any atom is 0.254 e. The fourth-order valence-electron chi connectivity index (χ4n) is 1.73. The van der Waals surface area contributed by atoms with Crippen molar-refractivity contribution < 1.29 is 9.18 Å². The second kappa shape index (κ2) is 5.48. The lowest BCUT2D eigenvalue weighted by Crippen LogP contribution is -2.23. The van der Waals surface area contributed by atoms with Gasteiger partial charge in [-0.3, -0.25) is 9.59 Å². The Hall–Kier alpha value is -2.43. The summed E-state index contributed by atoms with van der Waals surface area (Å²) in [5.74, 6) is -1.07. The summed E-state index contributed by atoms with van der Waals surface area (Å²) >= 11 is 0. The lowest BCUT2D eigenvalue weighted by molar-refractivity contribution is 0.0952. The lowest BCUT2D eigenvalue weighted by Gasteiger charge is -2.06. The second-order valence-electron chi connectivity index (χ2n) is 3.99. The van der Waals surface area contributed by atoms with Gasteiger partial charge in [-0.15, -0.1) is 0 Å². The second-order valence-corrected chi connectivity index (χ2v) is 3.99. The van der Waals surface area contributed by atoms with Crippen molar-refractivity contribution in [2.24, 2.45) is 0 Å².